The third kappa shape index (κ3) is 5.65. The van der Waals surface area contributed by atoms with Gasteiger partial charge in [0.15, 0.2) is 0 Å². The van der Waals surface area contributed by atoms with E-state index in [0.29, 0.717) is 19.0 Å². The summed E-state index contributed by atoms with van der Waals surface area (Å²) in [6.45, 7) is 15.3. The van der Waals surface area contributed by atoms with Gasteiger partial charge in [-0.1, -0.05) is 32.4 Å². The molecule has 1 unspecified atom stereocenters. The van der Waals surface area contributed by atoms with Gasteiger partial charge in [-0.25, -0.2) is 15.0 Å². The smallest absolute Gasteiger partial charge is 0.225 e. The molecule has 1 amide bonds. The molecule has 4 rings (SSSR count). The zero-order valence-electron chi connectivity index (χ0n) is 21.5. The van der Waals surface area contributed by atoms with Crippen LogP contribution >= 0.6 is 0 Å². The van der Waals surface area contributed by atoms with Gasteiger partial charge in [0.05, 0.1) is 11.4 Å². The summed E-state index contributed by atoms with van der Waals surface area (Å²) in [6, 6.07) is 2.32. The highest BCUT2D eigenvalue weighted by molar-refractivity contribution is 5.76. The van der Waals surface area contributed by atoms with Crippen molar-refractivity contribution >= 4 is 24.0 Å². The Hall–Kier alpha value is -2.96. The number of nitrogens with zero attached hydrogens (tertiary/aromatic N) is 6. The Kier molecular flexibility index (Phi) is 8.37. The summed E-state index contributed by atoms with van der Waals surface area (Å²) in [6.07, 6.45) is 14.0. The van der Waals surface area contributed by atoms with Gasteiger partial charge in [0.1, 0.15) is 5.82 Å². The first-order chi connectivity index (χ1) is 17.0. The number of rotatable bonds is 9. The SMILES string of the molecule is C=Cc1nc(C2CCCN(c3nccc(C)n3)C2)n(CCC(=O)N(CC)C2CCCCC2)c1C=C. The van der Waals surface area contributed by atoms with Crippen LogP contribution in [0.1, 0.15) is 87.1 Å². The molecule has 1 aliphatic heterocycles. The second kappa shape index (κ2) is 11.6. The molecule has 0 radical (unpaired) electrons. The standard InChI is InChI=1S/C28H40N6O/c1-5-24-25(6-2)34(19-16-26(35)33(7-3)23-13-9-8-10-14-23)27(31-24)22-12-11-18-32(20-22)28-29-17-15-21(4)30-28/h5-6,15,17,22-23H,1-2,7-14,16,18-20H2,3-4H3. The molecular weight excluding hydrogens is 436 g/mol. The van der Waals surface area contributed by atoms with E-state index in [0.717, 1.165) is 74.2 Å². The number of piperidine rings is 1. The zero-order valence-corrected chi connectivity index (χ0v) is 21.5. The number of carbonyl (C=O) groups excluding carboxylic acids is 1. The van der Waals surface area contributed by atoms with E-state index in [1.54, 1.807) is 6.08 Å². The van der Waals surface area contributed by atoms with Crippen LogP contribution in [0.3, 0.4) is 0 Å². The molecule has 7 nitrogen and oxygen atoms in total. The summed E-state index contributed by atoms with van der Waals surface area (Å²) in [7, 11) is 0. The number of hydrogen-bond acceptors (Lipinski definition) is 5. The van der Waals surface area contributed by atoms with Crippen LogP contribution in [0.4, 0.5) is 5.95 Å². The predicted octanol–water partition coefficient (Wildman–Crippen LogP) is 5.22. The maximum atomic E-state index is 13.3. The fourth-order valence-electron chi connectivity index (χ4n) is 5.75. The molecule has 1 atom stereocenters. The number of imidazole rings is 1. The maximum absolute atomic E-state index is 13.3. The molecule has 2 aromatic heterocycles. The Morgan fingerprint density at radius 3 is 2.63 bits per heavy atom. The van der Waals surface area contributed by atoms with Gasteiger partial charge >= 0.3 is 0 Å². The Morgan fingerprint density at radius 1 is 1.14 bits per heavy atom. The average Bonchev–Trinajstić information content (AvgIpc) is 3.26. The second-order valence-electron chi connectivity index (χ2n) is 9.81. The van der Waals surface area contributed by atoms with Crippen LogP contribution in [0, 0.1) is 6.92 Å². The van der Waals surface area contributed by atoms with E-state index in [9.17, 15) is 4.79 Å². The van der Waals surface area contributed by atoms with Gasteiger partial charge < -0.3 is 14.4 Å². The number of aryl methyl sites for hydroxylation is 1. The molecule has 7 heteroatoms. The zero-order chi connectivity index (χ0) is 24.8. The van der Waals surface area contributed by atoms with Crippen molar-refractivity contribution in [1.82, 2.24) is 24.4 Å². The van der Waals surface area contributed by atoms with Crippen LogP contribution in [0.5, 0.6) is 0 Å². The second-order valence-corrected chi connectivity index (χ2v) is 9.81. The Balaban J connectivity index is 1.54. The molecule has 1 aliphatic carbocycles. The molecule has 0 aromatic carbocycles. The minimum absolute atomic E-state index is 0.232. The Morgan fingerprint density at radius 2 is 1.94 bits per heavy atom. The molecule has 0 N–H and O–H groups in total. The van der Waals surface area contributed by atoms with E-state index in [1.165, 1.54) is 19.3 Å². The normalized spacial score (nSPS) is 18.9. The van der Waals surface area contributed by atoms with E-state index >= 15 is 0 Å². The van der Waals surface area contributed by atoms with Crippen molar-refractivity contribution in [3.63, 3.8) is 0 Å². The van der Waals surface area contributed by atoms with Crippen molar-refractivity contribution in [2.75, 3.05) is 24.5 Å². The molecule has 188 valence electrons. The first-order valence-corrected chi connectivity index (χ1v) is 13.2. The van der Waals surface area contributed by atoms with Gasteiger partial charge in [0, 0.05) is 56.5 Å². The molecule has 3 heterocycles. The minimum atomic E-state index is 0.232. The summed E-state index contributed by atoms with van der Waals surface area (Å²) < 4.78 is 2.21. The number of aromatic nitrogens is 4. The van der Waals surface area contributed by atoms with Crippen molar-refractivity contribution in [2.24, 2.45) is 0 Å². The monoisotopic (exact) mass is 476 g/mol. The first kappa shape index (κ1) is 25.1. The predicted molar refractivity (Wildman–Crippen MR) is 142 cm³/mol. The number of anilines is 1. The molecule has 0 spiro atoms. The minimum Gasteiger partial charge on any atom is -0.340 e. The molecule has 1 saturated carbocycles. The molecule has 2 aliphatic rings. The van der Waals surface area contributed by atoms with Crippen LogP contribution in [-0.2, 0) is 11.3 Å². The third-order valence-corrected chi connectivity index (χ3v) is 7.53. The van der Waals surface area contributed by atoms with Gasteiger partial charge in [-0.3, -0.25) is 4.79 Å². The van der Waals surface area contributed by atoms with Crippen LogP contribution in [0.15, 0.2) is 25.4 Å². The fraction of sp³-hybridized carbons (Fsp3) is 0.571. The van der Waals surface area contributed by atoms with E-state index in [4.69, 9.17) is 4.98 Å². The molecule has 2 fully saturated rings. The lowest BCUT2D eigenvalue weighted by atomic mass is 9.94. The lowest BCUT2D eigenvalue weighted by Crippen LogP contribution is -2.41. The van der Waals surface area contributed by atoms with Crippen molar-refractivity contribution < 1.29 is 4.79 Å². The largest absolute Gasteiger partial charge is 0.340 e. The van der Waals surface area contributed by atoms with Crippen molar-refractivity contribution in [2.45, 2.75) is 83.7 Å². The highest BCUT2D eigenvalue weighted by Crippen LogP contribution is 2.31. The fourth-order valence-corrected chi connectivity index (χ4v) is 5.75. The maximum Gasteiger partial charge on any atom is 0.225 e. The Labute approximate surface area is 210 Å². The summed E-state index contributed by atoms with van der Waals surface area (Å²) in [4.78, 5) is 31.8. The molecule has 0 bridgehead atoms. The van der Waals surface area contributed by atoms with Crippen LogP contribution in [-0.4, -0.2) is 56.0 Å². The number of carbonyl (C=O) groups is 1. The summed E-state index contributed by atoms with van der Waals surface area (Å²) >= 11 is 0. The highest BCUT2D eigenvalue weighted by atomic mass is 16.2. The van der Waals surface area contributed by atoms with Crippen molar-refractivity contribution in [3.05, 3.63) is 48.3 Å². The lowest BCUT2D eigenvalue weighted by molar-refractivity contribution is -0.134. The van der Waals surface area contributed by atoms with Crippen LogP contribution in [0.25, 0.3) is 12.2 Å². The van der Waals surface area contributed by atoms with Gasteiger partial charge in [-0.15, -0.1) is 0 Å². The molecule has 35 heavy (non-hydrogen) atoms. The summed E-state index contributed by atoms with van der Waals surface area (Å²) in [5.74, 6) is 2.27. The van der Waals surface area contributed by atoms with Gasteiger partial charge in [-0.2, -0.15) is 0 Å². The topological polar surface area (TPSA) is 67.2 Å². The van der Waals surface area contributed by atoms with Crippen molar-refractivity contribution in [1.29, 1.82) is 0 Å². The van der Waals surface area contributed by atoms with E-state index < -0.39 is 0 Å². The number of hydrogen-bond donors (Lipinski definition) is 0. The van der Waals surface area contributed by atoms with Crippen molar-refractivity contribution in [3.8, 4) is 0 Å². The van der Waals surface area contributed by atoms with Crippen LogP contribution < -0.4 is 4.90 Å². The van der Waals surface area contributed by atoms with E-state index in [2.05, 4.69) is 44.4 Å². The molecule has 2 aromatic rings. The highest BCUT2D eigenvalue weighted by Gasteiger charge is 2.29. The van der Waals surface area contributed by atoms with E-state index in [-0.39, 0.29) is 11.8 Å². The molecule has 1 saturated heterocycles. The lowest BCUT2D eigenvalue weighted by Gasteiger charge is -2.34. The van der Waals surface area contributed by atoms with Crippen LogP contribution in [0.2, 0.25) is 0 Å². The molecular formula is C28H40N6O. The quantitative estimate of drug-likeness (QED) is 0.496. The average molecular weight is 477 g/mol. The number of amides is 1. The summed E-state index contributed by atoms with van der Waals surface area (Å²) in [5, 5.41) is 0. The summed E-state index contributed by atoms with van der Waals surface area (Å²) in [5.41, 5.74) is 2.76. The first-order valence-electron chi connectivity index (χ1n) is 13.2. The van der Waals surface area contributed by atoms with E-state index in [1.807, 2.05) is 25.3 Å². The van der Waals surface area contributed by atoms with Gasteiger partial charge in [0.25, 0.3) is 0 Å². The third-order valence-electron chi connectivity index (χ3n) is 7.53. The Bertz CT molecular complexity index is 1040. The van der Waals surface area contributed by atoms with Gasteiger partial charge in [-0.05, 0) is 57.7 Å². The van der Waals surface area contributed by atoms with Gasteiger partial charge in [0.2, 0.25) is 11.9 Å².